The lowest BCUT2D eigenvalue weighted by Crippen LogP contribution is -2.22. The van der Waals surface area contributed by atoms with Gasteiger partial charge in [0.2, 0.25) is 0 Å². The number of hydrogen-bond donors (Lipinski definition) is 1. The fourth-order valence-corrected chi connectivity index (χ4v) is 2.37. The van der Waals surface area contributed by atoms with Crippen molar-refractivity contribution < 1.29 is 4.74 Å². The van der Waals surface area contributed by atoms with E-state index in [2.05, 4.69) is 35.2 Å². The van der Waals surface area contributed by atoms with E-state index in [0.29, 0.717) is 19.1 Å². The van der Waals surface area contributed by atoms with Crippen LogP contribution in [0.15, 0.2) is 30.3 Å². The summed E-state index contributed by atoms with van der Waals surface area (Å²) in [6.45, 7) is 5.58. The first-order chi connectivity index (χ1) is 8.38. The third kappa shape index (κ3) is 4.11. The molecule has 94 valence electrons. The summed E-state index contributed by atoms with van der Waals surface area (Å²) in [5.41, 5.74) is 6.81. The topological polar surface area (TPSA) is 38.5 Å². The van der Waals surface area contributed by atoms with Crippen LogP contribution < -0.4 is 5.73 Å². The molecule has 0 bridgehead atoms. The summed E-state index contributed by atoms with van der Waals surface area (Å²) in [4.78, 5) is 2.51. The molecular weight excluding hydrogens is 212 g/mol. The molecule has 1 aliphatic rings. The van der Waals surface area contributed by atoms with E-state index in [1.165, 1.54) is 18.5 Å². The Morgan fingerprint density at radius 3 is 2.88 bits per heavy atom. The van der Waals surface area contributed by atoms with Crippen molar-refractivity contribution in [1.29, 1.82) is 0 Å². The summed E-state index contributed by atoms with van der Waals surface area (Å²) in [7, 11) is 0. The minimum absolute atomic E-state index is 0.625. The van der Waals surface area contributed by atoms with E-state index in [9.17, 15) is 0 Å². The summed E-state index contributed by atoms with van der Waals surface area (Å²) in [6, 6.07) is 10.7. The van der Waals surface area contributed by atoms with Crippen molar-refractivity contribution in [3.8, 4) is 0 Å². The number of rotatable bonds is 6. The zero-order chi connectivity index (χ0) is 11.9. The van der Waals surface area contributed by atoms with Crippen LogP contribution in [0.2, 0.25) is 0 Å². The Labute approximate surface area is 104 Å². The van der Waals surface area contributed by atoms with Crippen molar-refractivity contribution >= 4 is 0 Å². The maximum absolute atomic E-state index is 5.51. The van der Waals surface area contributed by atoms with Crippen LogP contribution in [-0.2, 0) is 11.3 Å². The average molecular weight is 234 g/mol. The van der Waals surface area contributed by atoms with Gasteiger partial charge in [0, 0.05) is 19.6 Å². The highest BCUT2D eigenvalue weighted by Crippen LogP contribution is 2.18. The van der Waals surface area contributed by atoms with Crippen LogP contribution in [-0.4, -0.2) is 37.7 Å². The highest BCUT2D eigenvalue weighted by molar-refractivity contribution is 5.14. The molecule has 1 aromatic rings. The third-order valence-electron chi connectivity index (χ3n) is 3.23. The summed E-state index contributed by atoms with van der Waals surface area (Å²) in [5, 5.41) is 0. The highest BCUT2D eigenvalue weighted by Gasteiger charge is 2.22. The van der Waals surface area contributed by atoms with Crippen LogP contribution in [0.1, 0.15) is 12.0 Å². The predicted octanol–water partition coefficient (Wildman–Crippen LogP) is 1.48. The van der Waals surface area contributed by atoms with Gasteiger partial charge in [-0.05, 0) is 24.4 Å². The monoisotopic (exact) mass is 234 g/mol. The third-order valence-corrected chi connectivity index (χ3v) is 3.23. The van der Waals surface area contributed by atoms with E-state index >= 15 is 0 Å². The van der Waals surface area contributed by atoms with Crippen LogP contribution in [0.25, 0.3) is 0 Å². The summed E-state index contributed by atoms with van der Waals surface area (Å²) >= 11 is 0. The zero-order valence-electron chi connectivity index (χ0n) is 10.3. The van der Waals surface area contributed by atoms with Gasteiger partial charge in [-0.1, -0.05) is 30.3 Å². The van der Waals surface area contributed by atoms with Crippen molar-refractivity contribution in [1.82, 2.24) is 4.90 Å². The van der Waals surface area contributed by atoms with Crippen molar-refractivity contribution in [2.24, 2.45) is 11.7 Å². The fraction of sp³-hybridized carbons (Fsp3) is 0.571. The molecule has 1 aromatic carbocycles. The molecule has 3 heteroatoms. The zero-order valence-corrected chi connectivity index (χ0v) is 10.3. The lowest BCUT2D eigenvalue weighted by atomic mass is 10.1. The lowest BCUT2D eigenvalue weighted by molar-refractivity contribution is 0.107. The van der Waals surface area contributed by atoms with Gasteiger partial charge in [0.1, 0.15) is 0 Å². The molecule has 1 fully saturated rings. The van der Waals surface area contributed by atoms with E-state index in [0.717, 1.165) is 19.7 Å². The molecule has 1 aliphatic heterocycles. The van der Waals surface area contributed by atoms with Crippen molar-refractivity contribution in [3.05, 3.63) is 35.9 Å². The molecule has 0 amide bonds. The molecule has 0 saturated carbocycles. The van der Waals surface area contributed by atoms with Gasteiger partial charge in [0.15, 0.2) is 0 Å². The van der Waals surface area contributed by atoms with Gasteiger partial charge in [-0.15, -0.1) is 0 Å². The Kier molecular flexibility index (Phi) is 4.98. The minimum atomic E-state index is 0.625. The first-order valence-corrected chi connectivity index (χ1v) is 6.42. The number of nitrogens with two attached hydrogens (primary N) is 1. The van der Waals surface area contributed by atoms with Gasteiger partial charge in [-0.2, -0.15) is 0 Å². The number of ether oxygens (including phenoxy) is 1. The van der Waals surface area contributed by atoms with Crippen molar-refractivity contribution in [3.63, 3.8) is 0 Å². The van der Waals surface area contributed by atoms with Crippen molar-refractivity contribution in [2.45, 2.75) is 13.0 Å². The average Bonchev–Trinajstić information content (AvgIpc) is 2.79. The standard InChI is InChI=1S/C14H22N2O/c15-7-9-17-12-14-6-8-16(11-14)10-13-4-2-1-3-5-13/h1-5,14H,6-12,15H2. The Morgan fingerprint density at radius 2 is 2.12 bits per heavy atom. The molecule has 1 unspecified atom stereocenters. The van der Waals surface area contributed by atoms with Crippen LogP contribution >= 0.6 is 0 Å². The molecule has 2 N–H and O–H groups in total. The Morgan fingerprint density at radius 1 is 1.29 bits per heavy atom. The van der Waals surface area contributed by atoms with Crippen LogP contribution in [0.4, 0.5) is 0 Å². The smallest absolute Gasteiger partial charge is 0.0588 e. The first kappa shape index (κ1) is 12.6. The Bertz CT molecular complexity index is 315. The van der Waals surface area contributed by atoms with Crippen molar-refractivity contribution in [2.75, 3.05) is 32.8 Å². The summed E-state index contributed by atoms with van der Waals surface area (Å²) in [5.74, 6) is 0.685. The van der Waals surface area contributed by atoms with Gasteiger partial charge in [-0.3, -0.25) is 4.90 Å². The summed E-state index contributed by atoms with van der Waals surface area (Å²) in [6.07, 6.45) is 1.25. The number of likely N-dealkylation sites (tertiary alicyclic amines) is 1. The predicted molar refractivity (Wildman–Crippen MR) is 69.7 cm³/mol. The number of hydrogen-bond acceptors (Lipinski definition) is 3. The molecule has 1 atom stereocenters. The largest absolute Gasteiger partial charge is 0.380 e. The van der Waals surface area contributed by atoms with Crippen LogP contribution in [0.5, 0.6) is 0 Å². The first-order valence-electron chi connectivity index (χ1n) is 6.42. The molecule has 0 aromatic heterocycles. The second kappa shape index (κ2) is 6.74. The van der Waals surface area contributed by atoms with E-state index in [-0.39, 0.29) is 0 Å². The Balaban J connectivity index is 1.71. The van der Waals surface area contributed by atoms with Gasteiger partial charge >= 0.3 is 0 Å². The fourth-order valence-electron chi connectivity index (χ4n) is 2.37. The van der Waals surface area contributed by atoms with Crippen LogP contribution in [0, 0.1) is 5.92 Å². The minimum Gasteiger partial charge on any atom is -0.380 e. The molecule has 17 heavy (non-hydrogen) atoms. The maximum Gasteiger partial charge on any atom is 0.0588 e. The normalized spacial score (nSPS) is 20.9. The van der Waals surface area contributed by atoms with E-state index < -0.39 is 0 Å². The van der Waals surface area contributed by atoms with E-state index in [1.807, 2.05) is 0 Å². The Hall–Kier alpha value is -0.900. The maximum atomic E-state index is 5.51. The molecule has 2 rings (SSSR count). The van der Waals surface area contributed by atoms with Gasteiger partial charge < -0.3 is 10.5 Å². The van der Waals surface area contributed by atoms with Gasteiger partial charge in [-0.25, -0.2) is 0 Å². The SMILES string of the molecule is NCCOCC1CCN(Cc2ccccc2)C1. The number of nitrogens with zero attached hydrogens (tertiary/aromatic N) is 1. The van der Waals surface area contributed by atoms with Gasteiger partial charge in [0.05, 0.1) is 13.2 Å². The summed E-state index contributed by atoms with van der Waals surface area (Å²) < 4.78 is 5.51. The quantitative estimate of drug-likeness (QED) is 0.758. The van der Waals surface area contributed by atoms with E-state index in [4.69, 9.17) is 10.5 Å². The molecule has 0 spiro atoms. The molecule has 1 saturated heterocycles. The number of benzene rings is 1. The molecule has 1 heterocycles. The lowest BCUT2D eigenvalue weighted by Gasteiger charge is -2.16. The van der Waals surface area contributed by atoms with E-state index in [1.54, 1.807) is 0 Å². The molecule has 0 radical (unpaired) electrons. The highest BCUT2D eigenvalue weighted by atomic mass is 16.5. The molecular formula is C14H22N2O. The second-order valence-corrected chi connectivity index (χ2v) is 4.74. The van der Waals surface area contributed by atoms with Gasteiger partial charge in [0.25, 0.3) is 0 Å². The second-order valence-electron chi connectivity index (χ2n) is 4.74. The molecule has 0 aliphatic carbocycles. The van der Waals surface area contributed by atoms with Crippen LogP contribution in [0.3, 0.4) is 0 Å². The molecule has 3 nitrogen and oxygen atoms in total.